The number of carbonyl (C=O) groups is 2. The number of methoxy groups -OCH3 is 2. The highest BCUT2D eigenvalue weighted by Gasteiger charge is 2.13. The number of benzene rings is 1. The lowest BCUT2D eigenvalue weighted by Gasteiger charge is -2.20. The Kier molecular flexibility index (Phi) is 7.85. The van der Waals surface area contributed by atoms with Gasteiger partial charge >= 0.3 is 0 Å². The van der Waals surface area contributed by atoms with Crippen molar-refractivity contribution in [2.45, 2.75) is 20.3 Å². The summed E-state index contributed by atoms with van der Waals surface area (Å²) in [4.78, 5) is 25.2. The van der Waals surface area contributed by atoms with Gasteiger partial charge in [-0.3, -0.25) is 9.59 Å². The highest BCUT2D eigenvalue weighted by molar-refractivity contribution is 6.31. The fourth-order valence-corrected chi connectivity index (χ4v) is 2.16. The van der Waals surface area contributed by atoms with Gasteiger partial charge in [0.25, 0.3) is 0 Å². The summed E-state index contributed by atoms with van der Waals surface area (Å²) in [5, 5.41) is 3.36. The number of amides is 2. The van der Waals surface area contributed by atoms with E-state index in [9.17, 15) is 9.59 Å². The zero-order chi connectivity index (χ0) is 17.4. The highest BCUT2D eigenvalue weighted by atomic mass is 35.5. The van der Waals surface area contributed by atoms with E-state index in [0.29, 0.717) is 36.2 Å². The van der Waals surface area contributed by atoms with Crippen molar-refractivity contribution >= 4 is 29.1 Å². The van der Waals surface area contributed by atoms with Crippen LogP contribution >= 0.6 is 11.6 Å². The summed E-state index contributed by atoms with van der Waals surface area (Å²) in [6.45, 7) is 4.55. The van der Waals surface area contributed by atoms with E-state index in [-0.39, 0.29) is 18.2 Å². The lowest BCUT2D eigenvalue weighted by molar-refractivity contribution is -0.130. The Morgan fingerprint density at radius 1 is 1.26 bits per heavy atom. The normalized spacial score (nSPS) is 10.3. The van der Waals surface area contributed by atoms with Crippen LogP contribution in [0.5, 0.6) is 5.75 Å². The van der Waals surface area contributed by atoms with Crippen molar-refractivity contribution in [3.8, 4) is 5.75 Å². The standard InChI is InChI=1S/C16H23ClN2O4/c1-11-9-14(15(23-4)10-13(11)17)18-16(21)5-6-19(12(2)20)7-8-22-3/h9-10H,5-8H2,1-4H3,(H,18,21). The Hall–Kier alpha value is -1.79. The van der Waals surface area contributed by atoms with Crippen molar-refractivity contribution < 1.29 is 19.1 Å². The van der Waals surface area contributed by atoms with Crippen LogP contribution in [0, 0.1) is 6.92 Å². The Balaban J connectivity index is 2.66. The molecule has 1 aromatic carbocycles. The third kappa shape index (κ3) is 6.08. The van der Waals surface area contributed by atoms with Crippen molar-refractivity contribution in [1.82, 2.24) is 4.90 Å². The molecule has 6 nitrogen and oxygen atoms in total. The smallest absolute Gasteiger partial charge is 0.226 e. The highest BCUT2D eigenvalue weighted by Crippen LogP contribution is 2.30. The van der Waals surface area contributed by atoms with Crippen molar-refractivity contribution in [2.75, 3.05) is 39.2 Å². The van der Waals surface area contributed by atoms with Crippen LogP contribution < -0.4 is 10.1 Å². The monoisotopic (exact) mass is 342 g/mol. The molecule has 23 heavy (non-hydrogen) atoms. The number of nitrogens with zero attached hydrogens (tertiary/aromatic N) is 1. The van der Waals surface area contributed by atoms with Gasteiger partial charge in [0.2, 0.25) is 11.8 Å². The molecule has 0 fully saturated rings. The first-order valence-electron chi connectivity index (χ1n) is 7.27. The maximum Gasteiger partial charge on any atom is 0.226 e. The molecule has 1 aromatic rings. The quantitative estimate of drug-likeness (QED) is 0.788. The Morgan fingerprint density at radius 3 is 2.52 bits per heavy atom. The van der Waals surface area contributed by atoms with Crippen molar-refractivity contribution in [1.29, 1.82) is 0 Å². The van der Waals surface area contributed by atoms with Gasteiger partial charge in [-0.05, 0) is 18.6 Å². The number of anilines is 1. The average Bonchev–Trinajstić information content (AvgIpc) is 2.50. The summed E-state index contributed by atoms with van der Waals surface area (Å²) < 4.78 is 10.2. The summed E-state index contributed by atoms with van der Waals surface area (Å²) in [7, 11) is 3.08. The SMILES string of the molecule is COCCN(CCC(=O)Nc1cc(C)c(Cl)cc1OC)C(C)=O. The predicted octanol–water partition coefficient (Wildman–Crippen LogP) is 2.48. The lowest BCUT2D eigenvalue weighted by atomic mass is 10.2. The van der Waals surface area contributed by atoms with Crippen molar-refractivity contribution in [3.63, 3.8) is 0 Å². The van der Waals surface area contributed by atoms with Gasteiger partial charge < -0.3 is 19.7 Å². The van der Waals surface area contributed by atoms with Gasteiger partial charge in [-0.1, -0.05) is 11.6 Å². The first-order chi connectivity index (χ1) is 10.9. The molecular weight excluding hydrogens is 320 g/mol. The number of ether oxygens (including phenoxy) is 2. The van der Waals surface area contributed by atoms with E-state index >= 15 is 0 Å². The van der Waals surface area contributed by atoms with E-state index in [4.69, 9.17) is 21.1 Å². The molecule has 0 spiro atoms. The molecule has 0 heterocycles. The minimum Gasteiger partial charge on any atom is -0.495 e. The van der Waals surface area contributed by atoms with Gasteiger partial charge in [0.05, 0.1) is 19.4 Å². The third-order valence-electron chi connectivity index (χ3n) is 3.37. The first-order valence-corrected chi connectivity index (χ1v) is 7.65. The second-order valence-corrected chi connectivity index (χ2v) is 5.51. The van der Waals surface area contributed by atoms with Crippen LogP contribution in [0.4, 0.5) is 5.69 Å². The molecule has 0 radical (unpaired) electrons. The molecule has 0 atom stereocenters. The summed E-state index contributed by atoms with van der Waals surface area (Å²) in [6.07, 6.45) is 0.189. The summed E-state index contributed by atoms with van der Waals surface area (Å²) in [5.41, 5.74) is 1.40. The van der Waals surface area contributed by atoms with Crippen molar-refractivity contribution in [3.05, 3.63) is 22.7 Å². The van der Waals surface area contributed by atoms with Crippen LogP contribution in [-0.2, 0) is 14.3 Å². The number of hydrogen-bond donors (Lipinski definition) is 1. The van der Waals surface area contributed by atoms with Gasteiger partial charge in [0.1, 0.15) is 5.75 Å². The van der Waals surface area contributed by atoms with Crippen LogP contribution in [0.15, 0.2) is 12.1 Å². The minimum absolute atomic E-state index is 0.0882. The predicted molar refractivity (Wildman–Crippen MR) is 90.1 cm³/mol. The number of aryl methyl sites for hydroxylation is 1. The molecule has 1 rings (SSSR count). The third-order valence-corrected chi connectivity index (χ3v) is 3.78. The summed E-state index contributed by atoms with van der Waals surface area (Å²) in [6, 6.07) is 3.42. The zero-order valence-corrected chi connectivity index (χ0v) is 14.7. The zero-order valence-electron chi connectivity index (χ0n) is 13.9. The molecule has 0 unspecified atom stereocenters. The van der Waals surface area contributed by atoms with E-state index in [1.807, 2.05) is 6.92 Å². The molecule has 0 aromatic heterocycles. The summed E-state index contributed by atoms with van der Waals surface area (Å²) >= 11 is 6.04. The molecular formula is C16H23ClN2O4. The van der Waals surface area contributed by atoms with E-state index in [0.717, 1.165) is 5.56 Å². The van der Waals surface area contributed by atoms with Crippen LogP contribution in [-0.4, -0.2) is 50.6 Å². The molecule has 2 amide bonds. The Morgan fingerprint density at radius 2 is 1.96 bits per heavy atom. The number of halogens is 1. The van der Waals surface area contributed by atoms with Gasteiger partial charge in [-0.25, -0.2) is 0 Å². The van der Waals surface area contributed by atoms with E-state index in [1.165, 1.54) is 14.0 Å². The van der Waals surface area contributed by atoms with Crippen LogP contribution in [0.2, 0.25) is 5.02 Å². The second kappa shape index (κ2) is 9.37. The molecule has 0 aliphatic carbocycles. The average molecular weight is 343 g/mol. The fraction of sp³-hybridized carbons (Fsp3) is 0.500. The molecule has 1 N–H and O–H groups in total. The summed E-state index contributed by atoms with van der Waals surface area (Å²) in [5.74, 6) is 0.209. The van der Waals surface area contributed by atoms with E-state index in [1.54, 1.807) is 24.1 Å². The number of carbonyl (C=O) groups excluding carboxylic acids is 2. The van der Waals surface area contributed by atoms with Crippen LogP contribution in [0.1, 0.15) is 18.9 Å². The Labute approximate surface area is 141 Å². The largest absolute Gasteiger partial charge is 0.495 e. The maximum atomic E-state index is 12.1. The van der Waals surface area contributed by atoms with Gasteiger partial charge in [0.15, 0.2) is 0 Å². The van der Waals surface area contributed by atoms with Crippen molar-refractivity contribution in [2.24, 2.45) is 0 Å². The van der Waals surface area contributed by atoms with Gasteiger partial charge in [-0.15, -0.1) is 0 Å². The molecule has 0 saturated carbocycles. The molecule has 0 aliphatic rings. The maximum absolute atomic E-state index is 12.1. The number of hydrogen-bond acceptors (Lipinski definition) is 4. The lowest BCUT2D eigenvalue weighted by Crippen LogP contribution is -2.34. The second-order valence-electron chi connectivity index (χ2n) is 5.10. The molecule has 0 aliphatic heterocycles. The van der Waals surface area contributed by atoms with E-state index < -0.39 is 0 Å². The Bertz CT molecular complexity index is 563. The van der Waals surface area contributed by atoms with E-state index in [2.05, 4.69) is 5.32 Å². The van der Waals surface area contributed by atoms with Crippen LogP contribution in [0.3, 0.4) is 0 Å². The number of rotatable bonds is 8. The molecule has 128 valence electrons. The van der Waals surface area contributed by atoms with Crippen LogP contribution in [0.25, 0.3) is 0 Å². The minimum atomic E-state index is -0.200. The molecule has 0 bridgehead atoms. The topological polar surface area (TPSA) is 67.9 Å². The first kappa shape index (κ1) is 19.3. The molecule has 7 heteroatoms. The van der Waals surface area contributed by atoms with Gasteiger partial charge in [-0.2, -0.15) is 0 Å². The fourth-order valence-electron chi connectivity index (χ4n) is 2.01. The van der Waals surface area contributed by atoms with Gasteiger partial charge in [0, 0.05) is 44.6 Å². The number of nitrogens with one attached hydrogen (secondary N) is 1. The molecule has 0 saturated heterocycles.